The fraction of sp³-hybridized carbons (Fsp3) is 0.455. The molecule has 1 aromatic carbocycles. The van der Waals surface area contributed by atoms with E-state index in [2.05, 4.69) is 24.4 Å². The van der Waals surface area contributed by atoms with Crippen LogP contribution in [-0.4, -0.2) is 14.1 Å². The second kappa shape index (κ2) is 12.8. The van der Waals surface area contributed by atoms with Crippen LogP contribution < -0.4 is 5.32 Å². The molecule has 1 aromatic rings. The minimum atomic E-state index is 1.32. The highest BCUT2D eigenvalue weighted by molar-refractivity contribution is 5.11. The lowest BCUT2D eigenvalue weighted by Crippen LogP contribution is -1.89. The van der Waals surface area contributed by atoms with E-state index in [0.29, 0.717) is 0 Å². The summed E-state index contributed by atoms with van der Waals surface area (Å²) in [6.07, 6.45) is 0. The van der Waals surface area contributed by atoms with E-state index in [1.807, 2.05) is 46.1 Å². The Hall–Kier alpha value is -0.820. The molecule has 70 valence electrons. The van der Waals surface area contributed by atoms with E-state index in [1.165, 1.54) is 5.56 Å². The Morgan fingerprint density at radius 2 is 1.25 bits per heavy atom. The molecular weight excluding hydrogens is 146 g/mol. The summed E-state index contributed by atoms with van der Waals surface area (Å²) in [4.78, 5) is 0. The highest BCUT2D eigenvalue weighted by atomic mass is 14.7. The second-order valence-electron chi connectivity index (χ2n) is 2.15. The van der Waals surface area contributed by atoms with E-state index in [-0.39, 0.29) is 0 Å². The zero-order valence-electron chi connectivity index (χ0n) is 8.89. The molecule has 0 saturated heterocycles. The summed E-state index contributed by atoms with van der Waals surface area (Å²) in [7, 11) is 3.75. The predicted octanol–water partition coefficient (Wildman–Crippen LogP) is 2.86. The largest absolute Gasteiger partial charge is 0.323 e. The fourth-order valence-corrected chi connectivity index (χ4v) is 0.534. The Morgan fingerprint density at radius 1 is 0.917 bits per heavy atom. The smallest absolute Gasteiger partial charge is 0.0167 e. The molecule has 0 fully saturated rings. The zero-order chi connectivity index (χ0) is 9.82. The van der Waals surface area contributed by atoms with Gasteiger partial charge < -0.3 is 5.32 Å². The van der Waals surface area contributed by atoms with Gasteiger partial charge in [-0.25, -0.2) is 0 Å². The molecule has 0 amide bonds. The lowest BCUT2D eigenvalue weighted by atomic mass is 10.2. The molecular formula is C11H21N. The lowest BCUT2D eigenvalue weighted by Gasteiger charge is -1.82. The third kappa shape index (κ3) is 11.9. The van der Waals surface area contributed by atoms with Gasteiger partial charge >= 0.3 is 0 Å². The number of hydrogen-bond acceptors (Lipinski definition) is 1. The van der Waals surface area contributed by atoms with Crippen molar-refractivity contribution in [3.8, 4) is 0 Å². The van der Waals surface area contributed by atoms with Crippen molar-refractivity contribution in [2.24, 2.45) is 0 Å². The SMILES string of the molecule is CC.CNC.Cc1ccccc1. The van der Waals surface area contributed by atoms with Gasteiger partial charge in [-0.1, -0.05) is 49.7 Å². The summed E-state index contributed by atoms with van der Waals surface area (Å²) in [6.45, 7) is 6.08. The maximum absolute atomic E-state index is 2.75. The summed E-state index contributed by atoms with van der Waals surface area (Å²) < 4.78 is 0. The Kier molecular flexibility index (Phi) is 14.7. The van der Waals surface area contributed by atoms with Crippen LogP contribution in [-0.2, 0) is 0 Å². The lowest BCUT2D eigenvalue weighted by molar-refractivity contribution is 1.02. The number of aryl methyl sites for hydroxylation is 1. The molecule has 1 nitrogen and oxygen atoms in total. The van der Waals surface area contributed by atoms with Gasteiger partial charge in [0.1, 0.15) is 0 Å². The molecule has 0 unspecified atom stereocenters. The number of nitrogens with one attached hydrogen (secondary N) is 1. The Morgan fingerprint density at radius 3 is 1.42 bits per heavy atom. The standard InChI is InChI=1S/C7H8.C2H7N.C2H6/c1-7-5-3-2-4-6-7;1-3-2;1-2/h2-6H,1H3;3H,1-2H3;1-2H3. The summed E-state index contributed by atoms with van der Waals surface area (Å²) in [5, 5.41) is 2.75. The van der Waals surface area contributed by atoms with Crippen molar-refractivity contribution in [1.82, 2.24) is 5.32 Å². The van der Waals surface area contributed by atoms with Crippen LogP contribution in [0.25, 0.3) is 0 Å². The van der Waals surface area contributed by atoms with Crippen molar-refractivity contribution < 1.29 is 0 Å². The molecule has 0 aliphatic heterocycles. The first-order valence-electron chi connectivity index (χ1n) is 4.41. The molecule has 0 saturated carbocycles. The van der Waals surface area contributed by atoms with Crippen LogP contribution in [0.4, 0.5) is 0 Å². The monoisotopic (exact) mass is 167 g/mol. The van der Waals surface area contributed by atoms with Gasteiger partial charge in [0, 0.05) is 0 Å². The molecule has 0 aromatic heterocycles. The average molecular weight is 167 g/mol. The first kappa shape index (κ1) is 13.7. The molecule has 1 heteroatoms. The van der Waals surface area contributed by atoms with Crippen molar-refractivity contribution >= 4 is 0 Å². The van der Waals surface area contributed by atoms with Gasteiger partial charge in [-0.3, -0.25) is 0 Å². The van der Waals surface area contributed by atoms with Gasteiger partial charge in [0.25, 0.3) is 0 Å². The summed E-state index contributed by atoms with van der Waals surface area (Å²) >= 11 is 0. The van der Waals surface area contributed by atoms with E-state index in [9.17, 15) is 0 Å². The number of rotatable bonds is 0. The van der Waals surface area contributed by atoms with Crippen molar-refractivity contribution in [3.05, 3.63) is 35.9 Å². The van der Waals surface area contributed by atoms with Crippen molar-refractivity contribution in [2.75, 3.05) is 14.1 Å². The van der Waals surface area contributed by atoms with E-state index < -0.39 is 0 Å². The van der Waals surface area contributed by atoms with Gasteiger partial charge in [-0.15, -0.1) is 0 Å². The van der Waals surface area contributed by atoms with Crippen LogP contribution >= 0.6 is 0 Å². The van der Waals surface area contributed by atoms with E-state index in [4.69, 9.17) is 0 Å². The van der Waals surface area contributed by atoms with Crippen molar-refractivity contribution in [1.29, 1.82) is 0 Å². The van der Waals surface area contributed by atoms with Gasteiger partial charge in [0.2, 0.25) is 0 Å². The molecule has 0 atom stereocenters. The molecule has 1 rings (SSSR count). The Bertz CT molecular complexity index is 146. The van der Waals surface area contributed by atoms with Gasteiger partial charge in [-0.05, 0) is 21.0 Å². The fourth-order valence-electron chi connectivity index (χ4n) is 0.534. The average Bonchev–Trinajstić information content (AvgIpc) is 2.11. The molecule has 1 N–H and O–H groups in total. The van der Waals surface area contributed by atoms with Gasteiger partial charge in [0.05, 0.1) is 0 Å². The topological polar surface area (TPSA) is 12.0 Å². The minimum Gasteiger partial charge on any atom is -0.323 e. The first-order valence-corrected chi connectivity index (χ1v) is 4.41. The van der Waals surface area contributed by atoms with Crippen molar-refractivity contribution in [3.63, 3.8) is 0 Å². The third-order valence-corrected chi connectivity index (χ3v) is 0.940. The molecule has 0 spiro atoms. The molecule has 0 aliphatic rings. The summed E-state index contributed by atoms with van der Waals surface area (Å²) in [5.41, 5.74) is 1.32. The van der Waals surface area contributed by atoms with Crippen LogP contribution in [0.1, 0.15) is 19.4 Å². The van der Waals surface area contributed by atoms with E-state index >= 15 is 0 Å². The molecule has 0 aliphatic carbocycles. The van der Waals surface area contributed by atoms with Crippen LogP contribution in [0.2, 0.25) is 0 Å². The van der Waals surface area contributed by atoms with Crippen LogP contribution in [0.5, 0.6) is 0 Å². The number of hydrogen-bond donors (Lipinski definition) is 1. The second-order valence-corrected chi connectivity index (χ2v) is 2.15. The Balaban J connectivity index is 0. The highest BCUT2D eigenvalue weighted by Gasteiger charge is 1.72. The van der Waals surface area contributed by atoms with E-state index in [1.54, 1.807) is 0 Å². The van der Waals surface area contributed by atoms with Crippen LogP contribution in [0.3, 0.4) is 0 Å². The van der Waals surface area contributed by atoms with E-state index in [0.717, 1.165) is 0 Å². The predicted molar refractivity (Wildman–Crippen MR) is 57.5 cm³/mol. The maximum atomic E-state index is 2.75. The van der Waals surface area contributed by atoms with Crippen molar-refractivity contribution in [2.45, 2.75) is 20.8 Å². The summed E-state index contributed by atoms with van der Waals surface area (Å²) in [5.74, 6) is 0. The number of benzene rings is 1. The summed E-state index contributed by atoms with van der Waals surface area (Å²) in [6, 6.07) is 10.3. The van der Waals surface area contributed by atoms with Gasteiger partial charge in [0.15, 0.2) is 0 Å². The van der Waals surface area contributed by atoms with Crippen LogP contribution in [0, 0.1) is 6.92 Å². The Labute approximate surface area is 76.8 Å². The normalized spacial score (nSPS) is 7.08. The molecule has 0 heterocycles. The third-order valence-electron chi connectivity index (χ3n) is 0.940. The quantitative estimate of drug-likeness (QED) is 0.626. The van der Waals surface area contributed by atoms with Crippen LogP contribution in [0.15, 0.2) is 30.3 Å². The minimum absolute atomic E-state index is 1.32. The maximum Gasteiger partial charge on any atom is -0.0167 e. The highest BCUT2D eigenvalue weighted by Crippen LogP contribution is 1.92. The molecule has 12 heavy (non-hydrogen) atoms. The molecule has 0 bridgehead atoms. The zero-order valence-corrected chi connectivity index (χ0v) is 8.89. The molecule has 0 radical (unpaired) electrons. The first-order chi connectivity index (χ1) is 5.81. The van der Waals surface area contributed by atoms with Gasteiger partial charge in [-0.2, -0.15) is 0 Å².